The number of nitrogen functional groups attached to an aromatic ring is 1. The Hall–Kier alpha value is -2.05. The number of carbonyl (C=O) groups is 1. The summed E-state index contributed by atoms with van der Waals surface area (Å²) in [5.41, 5.74) is 7.95. The molecular formula is C18H24N4OS. The summed E-state index contributed by atoms with van der Waals surface area (Å²) in [6, 6.07) is 12.5. The number of hydrogen-bond donors (Lipinski definition) is 2. The molecule has 1 aliphatic rings. The molecule has 24 heavy (non-hydrogen) atoms. The Morgan fingerprint density at radius 1 is 1.21 bits per heavy atom. The first-order valence-corrected chi connectivity index (χ1v) is 9.17. The average molecular weight is 344 g/mol. The Kier molecular flexibility index (Phi) is 5.37. The normalized spacial score (nSPS) is 15.5. The number of nitrogens with two attached hydrogens (primary N) is 1. The van der Waals surface area contributed by atoms with E-state index in [-0.39, 0.29) is 5.91 Å². The summed E-state index contributed by atoms with van der Waals surface area (Å²) in [5.74, 6) is -0.0750. The van der Waals surface area contributed by atoms with Crippen LogP contribution in [-0.2, 0) is 6.54 Å². The first kappa shape index (κ1) is 16.8. The highest BCUT2D eigenvalue weighted by molar-refractivity contribution is 7.18. The van der Waals surface area contributed by atoms with Crippen LogP contribution in [0.1, 0.15) is 22.2 Å². The van der Waals surface area contributed by atoms with Gasteiger partial charge in [-0.2, -0.15) is 0 Å². The van der Waals surface area contributed by atoms with Crippen molar-refractivity contribution in [3.8, 4) is 0 Å². The molecule has 1 aromatic heterocycles. The number of amides is 1. The molecular weight excluding hydrogens is 320 g/mol. The maximum Gasteiger partial charge on any atom is 0.263 e. The van der Waals surface area contributed by atoms with Crippen molar-refractivity contribution in [1.29, 1.82) is 0 Å². The van der Waals surface area contributed by atoms with E-state index >= 15 is 0 Å². The van der Waals surface area contributed by atoms with Gasteiger partial charge in [-0.15, -0.1) is 11.3 Å². The molecule has 1 aliphatic heterocycles. The minimum absolute atomic E-state index is 0.0750. The Labute approximate surface area is 147 Å². The minimum Gasteiger partial charge on any atom is -0.397 e. The van der Waals surface area contributed by atoms with Gasteiger partial charge in [-0.05, 0) is 18.6 Å². The molecule has 2 aromatic rings. The van der Waals surface area contributed by atoms with Gasteiger partial charge in [-0.3, -0.25) is 9.69 Å². The lowest BCUT2D eigenvalue weighted by Gasteiger charge is -2.35. The van der Waals surface area contributed by atoms with Crippen LogP contribution in [0.15, 0.2) is 36.4 Å². The molecule has 0 saturated carbocycles. The molecule has 0 spiro atoms. The zero-order valence-electron chi connectivity index (χ0n) is 14.0. The summed E-state index contributed by atoms with van der Waals surface area (Å²) in [4.78, 5) is 17.4. The van der Waals surface area contributed by atoms with E-state index in [4.69, 9.17) is 5.73 Å². The van der Waals surface area contributed by atoms with Crippen LogP contribution in [0.5, 0.6) is 0 Å². The Morgan fingerprint density at radius 3 is 2.58 bits per heavy atom. The smallest absolute Gasteiger partial charge is 0.263 e. The molecule has 1 amide bonds. The fraction of sp³-hybridized carbons (Fsp3) is 0.389. The van der Waals surface area contributed by atoms with E-state index in [2.05, 4.69) is 45.4 Å². The second-order valence-electron chi connectivity index (χ2n) is 5.98. The third-order valence-electron chi connectivity index (χ3n) is 4.22. The standard InChI is InChI=1S/C18H24N4OS/c1-2-20-18(23)17-15(19)12-16(24-17)22-10-8-21(9-11-22)13-14-6-4-3-5-7-14/h3-7,12H,2,8-11,13,19H2,1H3,(H,20,23). The summed E-state index contributed by atoms with van der Waals surface area (Å²) >= 11 is 1.49. The summed E-state index contributed by atoms with van der Waals surface area (Å²) in [5, 5.41) is 3.91. The lowest BCUT2D eigenvalue weighted by atomic mass is 10.2. The molecule has 1 saturated heterocycles. The number of piperazine rings is 1. The maximum absolute atomic E-state index is 12.0. The van der Waals surface area contributed by atoms with Crippen LogP contribution in [0.4, 0.5) is 10.7 Å². The summed E-state index contributed by atoms with van der Waals surface area (Å²) < 4.78 is 0. The predicted octanol–water partition coefficient (Wildman–Crippen LogP) is 2.40. The second kappa shape index (κ2) is 7.68. The van der Waals surface area contributed by atoms with Crippen LogP contribution in [0.3, 0.4) is 0 Å². The van der Waals surface area contributed by atoms with Crippen molar-refractivity contribution in [3.05, 3.63) is 46.8 Å². The molecule has 128 valence electrons. The van der Waals surface area contributed by atoms with Crippen LogP contribution in [-0.4, -0.2) is 43.5 Å². The number of thiophene rings is 1. The topological polar surface area (TPSA) is 61.6 Å². The highest BCUT2D eigenvalue weighted by Crippen LogP contribution is 2.32. The predicted molar refractivity (Wildman–Crippen MR) is 101 cm³/mol. The van der Waals surface area contributed by atoms with Crippen molar-refractivity contribution in [2.75, 3.05) is 43.4 Å². The van der Waals surface area contributed by atoms with Crippen molar-refractivity contribution < 1.29 is 4.79 Å². The lowest BCUT2D eigenvalue weighted by molar-refractivity contribution is 0.0960. The zero-order chi connectivity index (χ0) is 16.9. The van der Waals surface area contributed by atoms with Gasteiger partial charge in [-0.1, -0.05) is 30.3 Å². The zero-order valence-corrected chi connectivity index (χ0v) is 14.8. The Bertz CT molecular complexity index is 678. The molecule has 0 unspecified atom stereocenters. The minimum atomic E-state index is -0.0750. The van der Waals surface area contributed by atoms with Crippen molar-refractivity contribution in [2.24, 2.45) is 0 Å². The number of anilines is 2. The molecule has 2 heterocycles. The van der Waals surface area contributed by atoms with Gasteiger partial charge >= 0.3 is 0 Å². The van der Waals surface area contributed by atoms with Gasteiger partial charge in [-0.25, -0.2) is 0 Å². The number of hydrogen-bond acceptors (Lipinski definition) is 5. The number of benzene rings is 1. The second-order valence-corrected chi connectivity index (χ2v) is 7.01. The van der Waals surface area contributed by atoms with Crippen molar-refractivity contribution in [3.63, 3.8) is 0 Å². The first-order valence-electron chi connectivity index (χ1n) is 8.36. The molecule has 3 N–H and O–H groups in total. The third kappa shape index (κ3) is 3.88. The van der Waals surface area contributed by atoms with E-state index in [0.29, 0.717) is 17.1 Å². The van der Waals surface area contributed by atoms with E-state index < -0.39 is 0 Å². The number of nitrogens with one attached hydrogen (secondary N) is 1. The van der Waals surface area contributed by atoms with E-state index in [1.165, 1.54) is 16.9 Å². The van der Waals surface area contributed by atoms with E-state index in [1.54, 1.807) is 0 Å². The first-order chi connectivity index (χ1) is 11.7. The Balaban J connectivity index is 1.59. The quantitative estimate of drug-likeness (QED) is 0.874. The van der Waals surface area contributed by atoms with Crippen LogP contribution >= 0.6 is 11.3 Å². The monoisotopic (exact) mass is 344 g/mol. The average Bonchev–Trinajstić information content (AvgIpc) is 2.99. The van der Waals surface area contributed by atoms with E-state index in [1.807, 2.05) is 13.0 Å². The molecule has 1 aromatic carbocycles. The van der Waals surface area contributed by atoms with Crippen molar-refractivity contribution in [1.82, 2.24) is 10.2 Å². The molecule has 3 rings (SSSR count). The summed E-state index contributed by atoms with van der Waals surface area (Å²) in [6.45, 7) is 7.47. The highest BCUT2D eigenvalue weighted by Gasteiger charge is 2.21. The number of rotatable bonds is 5. The van der Waals surface area contributed by atoms with Gasteiger partial charge in [0.15, 0.2) is 0 Å². The fourth-order valence-electron chi connectivity index (χ4n) is 2.93. The van der Waals surface area contributed by atoms with E-state index in [9.17, 15) is 4.79 Å². The van der Waals surface area contributed by atoms with Crippen LogP contribution < -0.4 is 16.0 Å². The van der Waals surface area contributed by atoms with Gasteiger partial charge in [0, 0.05) is 39.3 Å². The lowest BCUT2D eigenvalue weighted by Crippen LogP contribution is -2.45. The molecule has 0 radical (unpaired) electrons. The molecule has 1 fully saturated rings. The molecule has 5 nitrogen and oxygen atoms in total. The van der Waals surface area contributed by atoms with Gasteiger partial charge in [0.1, 0.15) is 4.88 Å². The third-order valence-corrected chi connectivity index (χ3v) is 5.43. The van der Waals surface area contributed by atoms with Gasteiger partial charge < -0.3 is 16.0 Å². The van der Waals surface area contributed by atoms with Crippen LogP contribution in [0.2, 0.25) is 0 Å². The largest absolute Gasteiger partial charge is 0.397 e. The maximum atomic E-state index is 12.0. The van der Waals surface area contributed by atoms with Gasteiger partial charge in [0.25, 0.3) is 5.91 Å². The highest BCUT2D eigenvalue weighted by atomic mass is 32.1. The Morgan fingerprint density at radius 2 is 1.92 bits per heavy atom. The van der Waals surface area contributed by atoms with Crippen LogP contribution in [0, 0.1) is 0 Å². The molecule has 0 aliphatic carbocycles. The number of nitrogens with zero attached hydrogens (tertiary/aromatic N) is 2. The number of carbonyl (C=O) groups excluding carboxylic acids is 1. The summed E-state index contributed by atoms with van der Waals surface area (Å²) in [6.07, 6.45) is 0. The van der Waals surface area contributed by atoms with Gasteiger partial charge in [0.05, 0.1) is 10.7 Å². The fourth-order valence-corrected chi connectivity index (χ4v) is 3.98. The van der Waals surface area contributed by atoms with Crippen LogP contribution in [0.25, 0.3) is 0 Å². The molecule has 0 atom stereocenters. The molecule has 6 heteroatoms. The van der Waals surface area contributed by atoms with E-state index in [0.717, 1.165) is 37.7 Å². The SMILES string of the molecule is CCNC(=O)c1sc(N2CCN(Cc3ccccc3)CC2)cc1N. The van der Waals surface area contributed by atoms with Crippen molar-refractivity contribution in [2.45, 2.75) is 13.5 Å². The molecule has 0 bridgehead atoms. The van der Waals surface area contributed by atoms with Crippen molar-refractivity contribution >= 4 is 27.9 Å². The summed E-state index contributed by atoms with van der Waals surface area (Å²) in [7, 11) is 0. The van der Waals surface area contributed by atoms with Gasteiger partial charge in [0.2, 0.25) is 0 Å².